The first-order chi connectivity index (χ1) is 19.2. The van der Waals surface area contributed by atoms with Gasteiger partial charge in [-0.25, -0.2) is 9.67 Å². The van der Waals surface area contributed by atoms with Gasteiger partial charge < -0.3 is 9.72 Å². The Morgan fingerprint density at radius 1 is 0.949 bits per heavy atom. The number of H-pyrrole nitrogens is 1. The zero-order chi connectivity index (χ0) is 26.6. The van der Waals surface area contributed by atoms with Crippen molar-refractivity contribution in [3.05, 3.63) is 131 Å². The van der Waals surface area contributed by atoms with Gasteiger partial charge in [0.1, 0.15) is 29.9 Å². The fourth-order valence-corrected chi connectivity index (χ4v) is 4.52. The van der Waals surface area contributed by atoms with Crippen molar-refractivity contribution in [3.8, 4) is 28.8 Å². The Morgan fingerprint density at radius 2 is 1.74 bits per heavy atom. The van der Waals surface area contributed by atoms with Crippen LogP contribution in [0.2, 0.25) is 5.02 Å². The number of aromatic amines is 1. The molecule has 0 spiro atoms. The number of imidazole rings is 1. The average Bonchev–Trinajstić information content (AvgIpc) is 3.61. The van der Waals surface area contributed by atoms with E-state index in [0.717, 1.165) is 33.4 Å². The molecular formula is C32H22ClN5O. The number of hydrogen-bond acceptors (Lipinski definition) is 4. The van der Waals surface area contributed by atoms with Gasteiger partial charge in [-0.1, -0.05) is 72.3 Å². The van der Waals surface area contributed by atoms with E-state index in [9.17, 15) is 5.26 Å². The van der Waals surface area contributed by atoms with Gasteiger partial charge >= 0.3 is 0 Å². The van der Waals surface area contributed by atoms with Gasteiger partial charge in [0.05, 0.1) is 22.3 Å². The molecule has 0 aliphatic carbocycles. The third kappa shape index (κ3) is 5.17. The number of halogens is 1. The third-order valence-electron chi connectivity index (χ3n) is 6.29. The standard InChI is InChI=1S/C32H22ClN5O/c33-28-14-5-4-9-23(28)21-39-27-13-8-10-22(18-27)31-25(20-38(37-31)26-11-2-1-3-12-26)17-24(19-34)32-35-29-15-6-7-16-30(29)36-32/h1-18,20H,21H2,(H,35,36)/b24-17-. The van der Waals surface area contributed by atoms with Crippen LogP contribution in [0.25, 0.3) is 39.6 Å². The highest BCUT2D eigenvalue weighted by atomic mass is 35.5. The van der Waals surface area contributed by atoms with Crippen LogP contribution < -0.4 is 4.74 Å². The van der Waals surface area contributed by atoms with Gasteiger partial charge in [0.2, 0.25) is 0 Å². The van der Waals surface area contributed by atoms with E-state index in [1.807, 2.05) is 120 Å². The summed E-state index contributed by atoms with van der Waals surface area (Å²) in [5.41, 5.74) is 6.25. The molecule has 0 fully saturated rings. The van der Waals surface area contributed by atoms with Crippen LogP contribution >= 0.6 is 11.6 Å². The second kappa shape index (κ2) is 10.7. The Kier molecular flexibility index (Phi) is 6.65. The second-order valence-corrected chi connectivity index (χ2v) is 9.30. The van der Waals surface area contributed by atoms with E-state index in [1.54, 1.807) is 0 Å². The van der Waals surface area contributed by atoms with Crippen LogP contribution in [0, 0.1) is 11.3 Å². The molecule has 6 rings (SSSR count). The molecule has 0 saturated heterocycles. The van der Waals surface area contributed by atoms with E-state index in [0.29, 0.717) is 34.5 Å². The monoisotopic (exact) mass is 527 g/mol. The summed E-state index contributed by atoms with van der Waals surface area (Å²) in [5.74, 6) is 1.20. The maximum atomic E-state index is 10.1. The Morgan fingerprint density at radius 3 is 2.56 bits per heavy atom. The van der Waals surface area contributed by atoms with E-state index < -0.39 is 0 Å². The fourth-order valence-electron chi connectivity index (χ4n) is 4.33. The van der Waals surface area contributed by atoms with Gasteiger partial charge in [-0.2, -0.15) is 10.4 Å². The van der Waals surface area contributed by atoms with Crippen LogP contribution in [-0.4, -0.2) is 19.7 Å². The summed E-state index contributed by atoms with van der Waals surface area (Å²) in [5, 5.41) is 15.6. The molecular weight excluding hydrogens is 506 g/mol. The molecule has 0 unspecified atom stereocenters. The summed E-state index contributed by atoms with van der Waals surface area (Å²) in [6.07, 6.45) is 3.73. The van der Waals surface area contributed by atoms with Crippen molar-refractivity contribution in [2.24, 2.45) is 0 Å². The molecule has 2 aromatic heterocycles. The summed E-state index contributed by atoms with van der Waals surface area (Å²) in [6.45, 7) is 0.346. The molecule has 0 atom stereocenters. The van der Waals surface area contributed by atoms with Crippen LogP contribution in [-0.2, 0) is 6.61 Å². The lowest BCUT2D eigenvalue weighted by molar-refractivity contribution is 0.306. The summed E-state index contributed by atoms with van der Waals surface area (Å²) in [6, 6.07) is 35.2. The number of allylic oxidation sites excluding steroid dienone is 1. The quantitative estimate of drug-likeness (QED) is 0.216. The summed E-state index contributed by atoms with van der Waals surface area (Å²) in [7, 11) is 0. The van der Waals surface area contributed by atoms with Crippen LogP contribution in [0.1, 0.15) is 17.0 Å². The number of nitrogens with zero attached hydrogens (tertiary/aromatic N) is 4. The summed E-state index contributed by atoms with van der Waals surface area (Å²) < 4.78 is 7.88. The van der Waals surface area contributed by atoms with Crippen molar-refractivity contribution in [2.45, 2.75) is 6.61 Å². The van der Waals surface area contributed by atoms with Crippen molar-refractivity contribution in [1.82, 2.24) is 19.7 Å². The molecule has 6 nitrogen and oxygen atoms in total. The zero-order valence-electron chi connectivity index (χ0n) is 20.8. The number of aromatic nitrogens is 4. The predicted molar refractivity (Wildman–Crippen MR) is 154 cm³/mol. The molecule has 1 N–H and O–H groups in total. The lowest BCUT2D eigenvalue weighted by Gasteiger charge is -2.09. The lowest BCUT2D eigenvalue weighted by Crippen LogP contribution is -1.97. The lowest BCUT2D eigenvalue weighted by atomic mass is 10.1. The summed E-state index contributed by atoms with van der Waals surface area (Å²) in [4.78, 5) is 7.87. The van der Waals surface area contributed by atoms with E-state index in [4.69, 9.17) is 21.4 Å². The van der Waals surface area contributed by atoms with Crippen molar-refractivity contribution < 1.29 is 4.74 Å². The van der Waals surface area contributed by atoms with Crippen LogP contribution in [0.3, 0.4) is 0 Å². The highest BCUT2D eigenvalue weighted by Crippen LogP contribution is 2.30. The molecule has 4 aromatic carbocycles. The van der Waals surface area contributed by atoms with Gasteiger partial charge in [0.15, 0.2) is 0 Å². The maximum Gasteiger partial charge on any atom is 0.149 e. The minimum absolute atomic E-state index is 0.346. The van der Waals surface area contributed by atoms with E-state index in [-0.39, 0.29) is 0 Å². The topological polar surface area (TPSA) is 79.5 Å². The Hall–Kier alpha value is -5.12. The molecule has 6 aromatic rings. The molecule has 0 bridgehead atoms. The number of benzene rings is 4. The fraction of sp³-hybridized carbons (Fsp3) is 0.0312. The number of ether oxygens (including phenoxy) is 1. The van der Waals surface area contributed by atoms with E-state index in [2.05, 4.69) is 16.0 Å². The molecule has 7 heteroatoms. The van der Waals surface area contributed by atoms with E-state index >= 15 is 0 Å². The van der Waals surface area contributed by atoms with Crippen molar-refractivity contribution in [1.29, 1.82) is 5.26 Å². The molecule has 0 amide bonds. The molecule has 39 heavy (non-hydrogen) atoms. The number of nitriles is 1. The SMILES string of the molecule is N#C/C(=C/c1cn(-c2ccccc2)nc1-c1cccc(OCc2ccccc2Cl)c1)c1nc2ccccc2[nH]1. The Bertz CT molecular complexity index is 1810. The average molecular weight is 528 g/mol. The number of hydrogen-bond donors (Lipinski definition) is 1. The third-order valence-corrected chi connectivity index (χ3v) is 6.66. The van der Waals surface area contributed by atoms with Crippen molar-refractivity contribution in [3.63, 3.8) is 0 Å². The smallest absolute Gasteiger partial charge is 0.149 e. The van der Waals surface area contributed by atoms with Crippen molar-refractivity contribution in [2.75, 3.05) is 0 Å². The van der Waals surface area contributed by atoms with Gasteiger partial charge in [-0.15, -0.1) is 0 Å². The van der Waals surface area contributed by atoms with E-state index in [1.165, 1.54) is 0 Å². The highest BCUT2D eigenvalue weighted by molar-refractivity contribution is 6.31. The number of nitrogens with one attached hydrogen (secondary N) is 1. The Balaban J connectivity index is 1.40. The van der Waals surface area contributed by atoms with Crippen molar-refractivity contribution >= 4 is 34.3 Å². The number of fused-ring (bicyclic) bond motifs is 1. The highest BCUT2D eigenvalue weighted by Gasteiger charge is 2.15. The number of para-hydroxylation sites is 3. The predicted octanol–water partition coefficient (Wildman–Crippen LogP) is 7.71. The first kappa shape index (κ1) is 24.2. The molecule has 2 heterocycles. The minimum atomic E-state index is 0.346. The first-order valence-electron chi connectivity index (χ1n) is 12.4. The van der Waals surface area contributed by atoms with Gasteiger partial charge in [-0.05, 0) is 48.5 Å². The van der Waals surface area contributed by atoms with Gasteiger partial charge in [-0.3, -0.25) is 0 Å². The van der Waals surface area contributed by atoms with Gasteiger partial charge in [0, 0.05) is 27.9 Å². The first-order valence-corrected chi connectivity index (χ1v) is 12.7. The molecule has 0 aliphatic rings. The molecule has 188 valence electrons. The normalized spacial score (nSPS) is 11.4. The van der Waals surface area contributed by atoms with Gasteiger partial charge in [0.25, 0.3) is 0 Å². The molecule has 0 saturated carbocycles. The molecule has 0 aliphatic heterocycles. The second-order valence-electron chi connectivity index (χ2n) is 8.89. The maximum absolute atomic E-state index is 10.1. The van der Waals surface area contributed by atoms with Crippen LogP contribution in [0.4, 0.5) is 0 Å². The zero-order valence-corrected chi connectivity index (χ0v) is 21.5. The largest absolute Gasteiger partial charge is 0.489 e. The summed E-state index contributed by atoms with van der Waals surface area (Å²) >= 11 is 6.30. The van der Waals surface area contributed by atoms with Crippen LogP contribution in [0.15, 0.2) is 109 Å². The van der Waals surface area contributed by atoms with Crippen LogP contribution in [0.5, 0.6) is 5.75 Å². The minimum Gasteiger partial charge on any atom is -0.489 e. The number of rotatable bonds is 7. The Labute approximate surface area is 230 Å². The molecule has 0 radical (unpaired) electrons.